The van der Waals surface area contributed by atoms with Crippen LogP contribution in [0.4, 0.5) is 8.78 Å². The Bertz CT molecular complexity index is 1230. The van der Waals surface area contributed by atoms with Crippen LogP contribution in [0.25, 0.3) is 10.9 Å². The van der Waals surface area contributed by atoms with Crippen molar-refractivity contribution >= 4 is 28.4 Å². The monoisotopic (exact) mass is 500 g/mol. The van der Waals surface area contributed by atoms with Gasteiger partial charge >= 0.3 is 0 Å². The molecule has 2 atom stereocenters. The van der Waals surface area contributed by atoms with Crippen molar-refractivity contribution in [3.8, 4) is 0 Å². The van der Waals surface area contributed by atoms with Gasteiger partial charge in [-0.15, -0.1) is 0 Å². The molecule has 9 heteroatoms. The lowest BCUT2D eigenvalue weighted by Crippen LogP contribution is -2.44. The molecule has 35 heavy (non-hydrogen) atoms. The van der Waals surface area contributed by atoms with Crippen molar-refractivity contribution in [3.63, 3.8) is 0 Å². The first-order valence-corrected chi connectivity index (χ1v) is 12.3. The lowest BCUT2D eigenvalue weighted by atomic mass is 9.89. The van der Waals surface area contributed by atoms with Gasteiger partial charge in [-0.25, -0.2) is 18.7 Å². The predicted octanol–water partition coefficient (Wildman–Crippen LogP) is 4.56. The zero-order valence-corrected chi connectivity index (χ0v) is 20.0. The maximum absolute atomic E-state index is 15.9. The molecule has 5 rings (SSSR count). The van der Waals surface area contributed by atoms with Gasteiger partial charge < -0.3 is 15.4 Å². The standard InChI is InChI=1S/C26H27ClF2N4O2/c27-20-12-17(3-4-21(20)28)24(26(29)7-8-30-15-26)33-25(34)18-1-2-19-14-31-23(32-22(19)13-18)11-16-5-9-35-10-6-16/h1-4,12-14,16,24,30H,5-11,15H2,(H,33,34)/t24-,26+/m1/s1. The Labute approximate surface area is 207 Å². The van der Waals surface area contributed by atoms with Gasteiger partial charge in [0.05, 0.1) is 16.6 Å². The van der Waals surface area contributed by atoms with Gasteiger partial charge in [-0.05, 0) is 61.6 Å². The molecule has 184 valence electrons. The maximum Gasteiger partial charge on any atom is 0.251 e. The number of ether oxygens (including phenoxy) is 1. The second kappa shape index (κ2) is 10.1. The molecule has 1 amide bonds. The van der Waals surface area contributed by atoms with Crippen LogP contribution in [0.3, 0.4) is 0 Å². The number of benzene rings is 2. The lowest BCUT2D eigenvalue weighted by molar-refractivity contribution is 0.0660. The van der Waals surface area contributed by atoms with E-state index in [2.05, 4.69) is 20.6 Å². The normalized spacial score (nSPS) is 21.8. The van der Waals surface area contributed by atoms with Gasteiger partial charge in [-0.3, -0.25) is 4.79 Å². The molecule has 2 N–H and O–H groups in total. The van der Waals surface area contributed by atoms with Crippen LogP contribution in [0.5, 0.6) is 0 Å². The van der Waals surface area contributed by atoms with Crippen molar-refractivity contribution in [2.75, 3.05) is 26.3 Å². The second-order valence-electron chi connectivity index (χ2n) is 9.36. The SMILES string of the molecule is O=C(N[C@H](c1ccc(F)c(Cl)c1)[C@]1(F)CCNC1)c1ccc2cnc(CC3CCOCC3)nc2c1. The number of alkyl halides is 1. The summed E-state index contributed by atoms with van der Waals surface area (Å²) in [7, 11) is 0. The fraction of sp³-hybridized carbons (Fsp3) is 0.423. The van der Waals surface area contributed by atoms with Gasteiger partial charge in [0.15, 0.2) is 0 Å². The fourth-order valence-electron chi connectivity index (χ4n) is 4.85. The van der Waals surface area contributed by atoms with Crippen molar-refractivity contribution in [1.29, 1.82) is 0 Å². The molecule has 0 radical (unpaired) electrons. The second-order valence-corrected chi connectivity index (χ2v) is 9.77. The molecule has 0 aliphatic carbocycles. The van der Waals surface area contributed by atoms with E-state index in [1.165, 1.54) is 18.2 Å². The van der Waals surface area contributed by atoms with E-state index in [1.807, 2.05) is 0 Å². The number of rotatable bonds is 6. The van der Waals surface area contributed by atoms with E-state index in [9.17, 15) is 9.18 Å². The molecule has 0 spiro atoms. The van der Waals surface area contributed by atoms with Crippen LogP contribution in [-0.4, -0.2) is 47.8 Å². The average molecular weight is 501 g/mol. The van der Waals surface area contributed by atoms with E-state index < -0.39 is 23.4 Å². The summed E-state index contributed by atoms with van der Waals surface area (Å²) in [6.45, 7) is 2.08. The van der Waals surface area contributed by atoms with Crippen LogP contribution in [0.15, 0.2) is 42.6 Å². The highest BCUT2D eigenvalue weighted by Gasteiger charge is 2.44. The van der Waals surface area contributed by atoms with Gasteiger partial charge in [0, 0.05) is 43.3 Å². The summed E-state index contributed by atoms with van der Waals surface area (Å²) >= 11 is 5.97. The van der Waals surface area contributed by atoms with E-state index in [0.717, 1.165) is 43.7 Å². The molecule has 0 unspecified atom stereocenters. The number of amides is 1. The first-order chi connectivity index (χ1) is 16.9. The minimum atomic E-state index is -1.73. The highest BCUT2D eigenvalue weighted by molar-refractivity contribution is 6.30. The number of carbonyl (C=O) groups excluding carboxylic acids is 1. The third kappa shape index (κ3) is 5.29. The Balaban J connectivity index is 1.40. The Morgan fingerprint density at radius 3 is 2.83 bits per heavy atom. The summed E-state index contributed by atoms with van der Waals surface area (Å²) in [5.74, 6) is 0.187. The van der Waals surface area contributed by atoms with Crippen LogP contribution < -0.4 is 10.6 Å². The van der Waals surface area contributed by atoms with E-state index in [1.54, 1.807) is 24.4 Å². The summed E-state index contributed by atoms with van der Waals surface area (Å²) in [6.07, 6.45) is 4.72. The molecule has 3 heterocycles. The first kappa shape index (κ1) is 24.0. The Hall–Kier alpha value is -2.68. The molecule has 2 aliphatic rings. The van der Waals surface area contributed by atoms with Crippen molar-refractivity contribution in [2.45, 2.75) is 37.4 Å². The van der Waals surface area contributed by atoms with Crippen molar-refractivity contribution in [3.05, 3.63) is 70.4 Å². The summed E-state index contributed by atoms with van der Waals surface area (Å²) < 4.78 is 35.0. The summed E-state index contributed by atoms with van der Waals surface area (Å²) in [6, 6.07) is 8.19. The van der Waals surface area contributed by atoms with Crippen LogP contribution in [-0.2, 0) is 11.2 Å². The number of aromatic nitrogens is 2. The molecule has 0 bridgehead atoms. The Morgan fingerprint density at radius 2 is 2.09 bits per heavy atom. The smallest absolute Gasteiger partial charge is 0.251 e. The fourth-order valence-corrected chi connectivity index (χ4v) is 5.04. The number of nitrogens with one attached hydrogen (secondary N) is 2. The van der Waals surface area contributed by atoms with Crippen LogP contribution in [0.2, 0.25) is 5.02 Å². The first-order valence-electron chi connectivity index (χ1n) is 11.9. The molecular formula is C26H27ClF2N4O2. The number of carbonyl (C=O) groups is 1. The van der Waals surface area contributed by atoms with Gasteiger partial charge in [0.2, 0.25) is 0 Å². The number of hydrogen-bond acceptors (Lipinski definition) is 5. The molecule has 0 saturated carbocycles. The highest BCUT2D eigenvalue weighted by atomic mass is 35.5. The average Bonchev–Trinajstić information content (AvgIpc) is 3.31. The predicted molar refractivity (Wildman–Crippen MR) is 130 cm³/mol. The van der Waals surface area contributed by atoms with Gasteiger partial charge in [0.25, 0.3) is 5.91 Å². The summed E-state index contributed by atoms with van der Waals surface area (Å²) in [5.41, 5.74) is -0.292. The van der Waals surface area contributed by atoms with Crippen LogP contribution in [0, 0.1) is 11.7 Å². The molecule has 2 fully saturated rings. The Kier molecular flexibility index (Phi) is 6.95. The largest absolute Gasteiger partial charge is 0.381 e. The number of hydrogen-bond donors (Lipinski definition) is 2. The molecule has 3 aromatic rings. The third-order valence-corrected chi connectivity index (χ3v) is 7.20. The molecular weight excluding hydrogens is 474 g/mol. The molecule has 2 saturated heterocycles. The van der Waals surface area contributed by atoms with Crippen molar-refractivity contribution in [1.82, 2.24) is 20.6 Å². The molecule has 1 aromatic heterocycles. The highest BCUT2D eigenvalue weighted by Crippen LogP contribution is 2.36. The van der Waals surface area contributed by atoms with Crippen molar-refractivity contribution < 1.29 is 18.3 Å². The maximum atomic E-state index is 15.9. The number of halogens is 3. The van der Waals surface area contributed by atoms with E-state index in [-0.39, 0.29) is 18.0 Å². The van der Waals surface area contributed by atoms with E-state index >= 15 is 4.39 Å². The minimum Gasteiger partial charge on any atom is -0.381 e. The van der Waals surface area contributed by atoms with E-state index in [4.69, 9.17) is 16.3 Å². The lowest BCUT2D eigenvalue weighted by Gasteiger charge is -2.31. The van der Waals surface area contributed by atoms with Crippen LogP contribution in [0.1, 0.15) is 47.1 Å². The summed E-state index contributed by atoms with van der Waals surface area (Å²) in [5, 5.41) is 6.54. The minimum absolute atomic E-state index is 0.0768. The van der Waals surface area contributed by atoms with Gasteiger partial charge in [-0.2, -0.15) is 0 Å². The van der Waals surface area contributed by atoms with Gasteiger partial charge in [0.1, 0.15) is 17.3 Å². The number of fused-ring (bicyclic) bond motifs is 1. The third-order valence-electron chi connectivity index (χ3n) is 6.91. The topological polar surface area (TPSA) is 76.1 Å². The van der Waals surface area contributed by atoms with Crippen LogP contribution >= 0.6 is 11.6 Å². The van der Waals surface area contributed by atoms with E-state index in [0.29, 0.717) is 29.1 Å². The molecule has 6 nitrogen and oxygen atoms in total. The summed E-state index contributed by atoms with van der Waals surface area (Å²) in [4.78, 5) is 22.4. The van der Waals surface area contributed by atoms with Gasteiger partial charge in [-0.1, -0.05) is 23.7 Å². The zero-order valence-electron chi connectivity index (χ0n) is 19.2. The molecule has 2 aromatic carbocycles. The molecule has 2 aliphatic heterocycles. The quantitative estimate of drug-likeness (QED) is 0.519. The number of nitrogens with zero attached hydrogens (tertiary/aromatic N) is 2. The Morgan fingerprint density at radius 1 is 1.26 bits per heavy atom. The zero-order chi connectivity index (χ0) is 24.4. The van der Waals surface area contributed by atoms with Crippen molar-refractivity contribution in [2.24, 2.45) is 5.92 Å².